The molecule has 1 rings (SSSR count). The molecule has 1 amide bonds. The summed E-state index contributed by atoms with van der Waals surface area (Å²) in [7, 11) is 0. The number of primary amides is 1. The molecule has 0 spiro atoms. The molecule has 0 saturated carbocycles. The van der Waals surface area contributed by atoms with Gasteiger partial charge in [0.25, 0.3) is 0 Å². The highest BCUT2D eigenvalue weighted by Crippen LogP contribution is 2.26. The summed E-state index contributed by atoms with van der Waals surface area (Å²) in [4.78, 5) is 10.8. The fourth-order valence-electron chi connectivity index (χ4n) is 1.27. The average molecular weight is 241 g/mol. The number of aliphatic hydroxyl groups is 1. The van der Waals surface area contributed by atoms with Gasteiger partial charge in [0.1, 0.15) is 11.6 Å². The van der Waals surface area contributed by atoms with E-state index in [1.165, 1.54) is 25.1 Å². The molecule has 0 aliphatic heterocycles. The Hall–Kier alpha value is -1.62. The Bertz CT molecular complexity index is 407. The normalized spacial score (nSPS) is 14.1. The number of halogens is 1. The van der Waals surface area contributed by atoms with Crippen LogP contribution in [0.15, 0.2) is 18.2 Å². The van der Waals surface area contributed by atoms with Crippen LogP contribution in [0.25, 0.3) is 0 Å². The van der Waals surface area contributed by atoms with Gasteiger partial charge in [-0.2, -0.15) is 0 Å². The summed E-state index contributed by atoms with van der Waals surface area (Å²) in [5.74, 6) is -1.00. The number of carbonyl (C=O) groups is 1. The van der Waals surface area contributed by atoms with Gasteiger partial charge in [-0.1, -0.05) is 6.92 Å². The highest BCUT2D eigenvalue weighted by atomic mass is 19.1. The molecular weight excluding hydrogens is 225 g/mol. The fraction of sp³-hybridized carbons (Fsp3) is 0.417. The molecule has 1 aromatic rings. The van der Waals surface area contributed by atoms with Gasteiger partial charge in [0.2, 0.25) is 5.91 Å². The second-order valence-electron chi connectivity index (χ2n) is 3.97. The number of rotatable bonds is 5. The fourth-order valence-corrected chi connectivity index (χ4v) is 1.27. The zero-order valence-electron chi connectivity index (χ0n) is 9.81. The Balaban J connectivity index is 2.80. The van der Waals surface area contributed by atoms with E-state index in [2.05, 4.69) is 0 Å². The highest BCUT2D eigenvalue weighted by molar-refractivity contribution is 5.76. The maximum atomic E-state index is 13.0. The van der Waals surface area contributed by atoms with Crippen molar-refractivity contribution in [3.05, 3.63) is 29.6 Å². The van der Waals surface area contributed by atoms with Gasteiger partial charge in [0.15, 0.2) is 0 Å². The maximum Gasteiger partial charge on any atom is 0.223 e. The Morgan fingerprint density at radius 2 is 2.18 bits per heavy atom. The molecule has 0 heterocycles. The third-order valence-electron chi connectivity index (χ3n) is 2.40. The van der Waals surface area contributed by atoms with Crippen molar-refractivity contribution < 1.29 is 19.0 Å². The third kappa shape index (κ3) is 3.71. The molecule has 0 fully saturated rings. The van der Waals surface area contributed by atoms with Gasteiger partial charge in [-0.15, -0.1) is 0 Å². The molecule has 3 N–H and O–H groups in total. The molecule has 5 heteroatoms. The van der Waals surface area contributed by atoms with Crippen LogP contribution in [0.5, 0.6) is 5.75 Å². The van der Waals surface area contributed by atoms with E-state index in [1.807, 2.05) is 0 Å². The van der Waals surface area contributed by atoms with E-state index >= 15 is 0 Å². The summed E-state index contributed by atoms with van der Waals surface area (Å²) in [6.07, 6.45) is -0.843. The Morgan fingerprint density at radius 3 is 2.71 bits per heavy atom. The van der Waals surface area contributed by atoms with Gasteiger partial charge < -0.3 is 15.6 Å². The summed E-state index contributed by atoms with van der Waals surface area (Å²) < 4.78 is 18.3. The number of carbonyl (C=O) groups excluding carboxylic acids is 1. The molecule has 4 nitrogen and oxygen atoms in total. The van der Waals surface area contributed by atoms with Crippen molar-refractivity contribution in [3.63, 3.8) is 0 Å². The molecule has 94 valence electrons. The zero-order chi connectivity index (χ0) is 13.0. The van der Waals surface area contributed by atoms with E-state index in [4.69, 9.17) is 10.5 Å². The number of ether oxygens (including phenoxy) is 1. The largest absolute Gasteiger partial charge is 0.492 e. The van der Waals surface area contributed by atoms with E-state index in [-0.39, 0.29) is 6.61 Å². The number of hydrogen-bond acceptors (Lipinski definition) is 3. The summed E-state index contributed by atoms with van der Waals surface area (Å²) in [5, 5.41) is 9.47. The van der Waals surface area contributed by atoms with Crippen LogP contribution >= 0.6 is 0 Å². The quantitative estimate of drug-likeness (QED) is 0.818. The van der Waals surface area contributed by atoms with Gasteiger partial charge in [-0.3, -0.25) is 4.79 Å². The highest BCUT2D eigenvalue weighted by Gasteiger charge is 2.14. The molecule has 0 aromatic heterocycles. The Labute approximate surface area is 99.2 Å². The van der Waals surface area contributed by atoms with Crippen LogP contribution < -0.4 is 10.5 Å². The zero-order valence-corrected chi connectivity index (χ0v) is 9.81. The predicted molar refractivity (Wildman–Crippen MR) is 60.9 cm³/mol. The monoisotopic (exact) mass is 241 g/mol. The van der Waals surface area contributed by atoms with Crippen molar-refractivity contribution >= 4 is 5.91 Å². The number of benzene rings is 1. The molecule has 2 atom stereocenters. The SMILES string of the molecule is CC(COc1ccc(F)cc1[C@H](C)O)C(N)=O. The van der Waals surface area contributed by atoms with Crippen LogP contribution in [-0.2, 0) is 4.79 Å². The summed E-state index contributed by atoms with van der Waals surface area (Å²) in [5.41, 5.74) is 5.44. The van der Waals surface area contributed by atoms with Gasteiger partial charge in [0, 0.05) is 5.56 Å². The van der Waals surface area contributed by atoms with E-state index in [0.29, 0.717) is 11.3 Å². The van der Waals surface area contributed by atoms with E-state index in [9.17, 15) is 14.3 Å². The van der Waals surface area contributed by atoms with E-state index in [1.54, 1.807) is 6.92 Å². The topological polar surface area (TPSA) is 72.6 Å². The Morgan fingerprint density at radius 1 is 1.53 bits per heavy atom. The minimum absolute atomic E-state index is 0.0979. The van der Waals surface area contributed by atoms with Crippen molar-refractivity contribution in [2.45, 2.75) is 20.0 Å². The van der Waals surface area contributed by atoms with Crippen LogP contribution in [0.4, 0.5) is 4.39 Å². The molecule has 1 aromatic carbocycles. The van der Waals surface area contributed by atoms with Crippen molar-refractivity contribution in [2.24, 2.45) is 11.7 Å². The molecule has 1 unspecified atom stereocenters. The van der Waals surface area contributed by atoms with Gasteiger partial charge in [-0.25, -0.2) is 4.39 Å². The molecular formula is C12H16FNO3. The number of hydrogen-bond donors (Lipinski definition) is 2. The van der Waals surface area contributed by atoms with Crippen LogP contribution in [0.2, 0.25) is 0 Å². The number of amides is 1. The van der Waals surface area contributed by atoms with Gasteiger partial charge >= 0.3 is 0 Å². The molecule has 0 bridgehead atoms. The lowest BCUT2D eigenvalue weighted by atomic mass is 10.1. The summed E-state index contributed by atoms with van der Waals surface area (Å²) in [6.45, 7) is 3.24. The number of aliphatic hydroxyl groups excluding tert-OH is 1. The lowest BCUT2D eigenvalue weighted by Crippen LogP contribution is -2.26. The van der Waals surface area contributed by atoms with Crippen molar-refractivity contribution in [3.8, 4) is 5.75 Å². The van der Waals surface area contributed by atoms with Crippen LogP contribution in [0.1, 0.15) is 25.5 Å². The molecule has 17 heavy (non-hydrogen) atoms. The first-order valence-electron chi connectivity index (χ1n) is 5.31. The average Bonchev–Trinajstić information content (AvgIpc) is 2.26. The van der Waals surface area contributed by atoms with Crippen LogP contribution in [0, 0.1) is 11.7 Å². The van der Waals surface area contributed by atoms with Gasteiger partial charge in [-0.05, 0) is 25.1 Å². The standard InChI is InChI=1S/C12H16FNO3/c1-7(12(14)16)6-17-11-4-3-9(13)5-10(11)8(2)15/h3-5,7-8,15H,6H2,1-2H3,(H2,14,16)/t7?,8-/m0/s1. The van der Waals surface area contributed by atoms with Crippen LogP contribution in [0.3, 0.4) is 0 Å². The first-order chi connectivity index (χ1) is 7.91. The molecule has 0 saturated heterocycles. The number of nitrogens with two attached hydrogens (primary N) is 1. The summed E-state index contributed by atoms with van der Waals surface area (Å²) >= 11 is 0. The van der Waals surface area contributed by atoms with E-state index in [0.717, 1.165) is 0 Å². The molecule has 0 aliphatic carbocycles. The predicted octanol–water partition coefficient (Wildman–Crippen LogP) is 1.38. The minimum atomic E-state index is -0.843. The van der Waals surface area contributed by atoms with Crippen LogP contribution in [-0.4, -0.2) is 17.6 Å². The molecule has 0 radical (unpaired) electrons. The molecule has 0 aliphatic rings. The lowest BCUT2D eigenvalue weighted by Gasteiger charge is -2.15. The summed E-state index contributed by atoms with van der Waals surface area (Å²) in [6, 6.07) is 3.86. The third-order valence-corrected chi connectivity index (χ3v) is 2.40. The second kappa shape index (κ2) is 5.63. The van der Waals surface area contributed by atoms with Crippen molar-refractivity contribution in [1.29, 1.82) is 0 Å². The first kappa shape index (κ1) is 13.4. The second-order valence-corrected chi connectivity index (χ2v) is 3.97. The first-order valence-corrected chi connectivity index (χ1v) is 5.31. The van der Waals surface area contributed by atoms with Crippen molar-refractivity contribution in [2.75, 3.05) is 6.61 Å². The Kier molecular flexibility index (Phi) is 4.45. The van der Waals surface area contributed by atoms with E-state index < -0.39 is 23.7 Å². The maximum absolute atomic E-state index is 13.0. The van der Waals surface area contributed by atoms with Gasteiger partial charge in [0.05, 0.1) is 18.6 Å². The smallest absolute Gasteiger partial charge is 0.223 e. The van der Waals surface area contributed by atoms with Crippen molar-refractivity contribution in [1.82, 2.24) is 0 Å². The lowest BCUT2D eigenvalue weighted by molar-refractivity contribution is -0.122. The minimum Gasteiger partial charge on any atom is -0.492 e.